The highest BCUT2D eigenvalue weighted by atomic mass is 32.2. The van der Waals surface area contributed by atoms with Crippen molar-refractivity contribution in [3.63, 3.8) is 0 Å². The molecule has 0 heterocycles. The van der Waals surface area contributed by atoms with Gasteiger partial charge in [-0.1, -0.05) is 0 Å². The van der Waals surface area contributed by atoms with Crippen LogP contribution >= 0.6 is 0 Å². The van der Waals surface area contributed by atoms with Gasteiger partial charge in [0.05, 0.1) is 4.90 Å². The molecule has 2 aromatic carbocycles. The summed E-state index contributed by atoms with van der Waals surface area (Å²) in [5.41, 5.74) is 0.912. The summed E-state index contributed by atoms with van der Waals surface area (Å²) >= 11 is 0. The minimum absolute atomic E-state index is 0.0913. The van der Waals surface area contributed by atoms with Crippen molar-refractivity contribution in [1.82, 2.24) is 4.72 Å². The van der Waals surface area contributed by atoms with Gasteiger partial charge in [0.25, 0.3) is 5.91 Å². The number of rotatable bonds is 5. The average molecular weight is 389 g/mol. The molecule has 0 unspecified atom stereocenters. The van der Waals surface area contributed by atoms with Gasteiger partial charge in [-0.15, -0.1) is 0 Å². The predicted octanol–water partition coefficient (Wildman–Crippen LogP) is 2.97. The van der Waals surface area contributed by atoms with Crippen LogP contribution in [0.5, 0.6) is 0 Å². The second-order valence-corrected chi connectivity index (χ2v) is 8.77. The minimum Gasteiger partial charge on any atom is -0.326 e. The van der Waals surface area contributed by atoms with Crippen molar-refractivity contribution in [3.05, 3.63) is 54.1 Å². The Hall–Kier alpha value is -2.71. The van der Waals surface area contributed by atoms with Crippen LogP contribution in [0.3, 0.4) is 0 Å². The maximum Gasteiger partial charge on any atom is 0.255 e. The molecule has 0 aliphatic carbocycles. The van der Waals surface area contributed by atoms with Gasteiger partial charge in [0.15, 0.2) is 0 Å². The third-order valence-corrected chi connectivity index (χ3v) is 5.10. The molecule has 3 N–H and O–H groups in total. The van der Waals surface area contributed by atoms with Crippen molar-refractivity contribution in [3.8, 4) is 0 Å². The maximum absolute atomic E-state index is 12.3. The molecule has 0 saturated carbocycles. The molecule has 0 saturated heterocycles. The van der Waals surface area contributed by atoms with E-state index in [4.69, 9.17) is 0 Å². The first-order valence-electron chi connectivity index (χ1n) is 8.29. The Morgan fingerprint density at radius 1 is 0.815 bits per heavy atom. The number of hydrogen-bond acceptors (Lipinski definition) is 4. The number of amides is 2. The smallest absolute Gasteiger partial charge is 0.255 e. The van der Waals surface area contributed by atoms with Crippen molar-refractivity contribution >= 4 is 33.2 Å². The van der Waals surface area contributed by atoms with Crippen LogP contribution in [0, 0.1) is 0 Å². The molecule has 0 aliphatic rings. The van der Waals surface area contributed by atoms with Crippen molar-refractivity contribution in [2.45, 2.75) is 38.1 Å². The number of carbonyl (C=O) groups excluding carboxylic acids is 2. The first-order valence-corrected chi connectivity index (χ1v) is 9.78. The third-order valence-electron chi connectivity index (χ3n) is 3.33. The van der Waals surface area contributed by atoms with E-state index < -0.39 is 15.6 Å². The summed E-state index contributed by atoms with van der Waals surface area (Å²) in [6.07, 6.45) is 0. The Balaban J connectivity index is 2.08. The van der Waals surface area contributed by atoms with Crippen LogP contribution in [0.4, 0.5) is 11.4 Å². The zero-order chi connectivity index (χ0) is 20.2. The van der Waals surface area contributed by atoms with E-state index >= 15 is 0 Å². The van der Waals surface area contributed by atoms with Crippen LogP contribution in [-0.4, -0.2) is 25.8 Å². The molecule has 0 aromatic heterocycles. The second-order valence-electron chi connectivity index (χ2n) is 7.09. The van der Waals surface area contributed by atoms with E-state index in [2.05, 4.69) is 15.4 Å². The van der Waals surface area contributed by atoms with Gasteiger partial charge in [-0.05, 0) is 69.3 Å². The fourth-order valence-corrected chi connectivity index (χ4v) is 3.71. The molecule has 0 spiro atoms. The van der Waals surface area contributed by atoms with Gasteiger partial charge in [0.2, 0.25) is 15.9 Å². The van der Waals surface area contributed by atoms with Crippen LogP contribution < -0.4 is 15.4 Å². The summed E-state index contributed by atoms with van der Waals surface area (Å²) in [7, 11) is -3.65. The Kier molecular flexibility index (Phi) is 6.02. The van der Waals surface area contributed by atoms with Gasteiger partial charge in [0.1, 0.15) is 0 Å². The van der Waals surface area contributed by atoms with Crippen molar-refractivity contribution in [2.24, 2.45) is 0 Å². The zero-order valence-electron chi connectivity index (χ0n) is 15.7. The van der Waals surface area contributed by atoms with Crippen molar-refractivity contribution in [2.75, 3.05) is 10.6 Å². The van der Waals surface area contributed by atoms with Gasteiger partial charge in [-0.2, -0.15) is 0 Å². The summed E-state index contributed by atoms with van der Waals surface area (Å²) in [4.78, 5) is 23.4. The molecule has 0 bridgehead atoms. The molecule has 2 amide bonds. The number of benzene rings is 2. The topological polar surface area (TPSA) is 104 Å². The lowest BCUT2D eigenvalue weighted by Crippen LogP contribution is -2.40. The fourth-order valence-electron chi connectivity index (χ4n) is 2.29. The molecule has 144 valence electrons. The first-order chi connectivity index (χ1) is 12.5. The highest BCUT2D eigenvalue weighted by Gasteiger charge is 2.22. The second kappa shape index (κ2) is 7.89. The molecular weight excluding hydrogens is 366 g/mol. The summed E-state index contributed by atoms with van der Waals surface area (Å²) in [6.45, 7) is 6.67. The molecule has 0 atom stereocenters. The summed E-state index contributed by atoms with van der Waals surface area (Å²) in [5, 5.41) is 5.36. The molecule has 0 radical (unpaired) electrons. The number of carbonyl (C=O) groups is 2. The lowest BCUT2D eigenvalue weighted by Gasteiger charge is -2.20. The van der Waals surface area contributed by atoms with Crippen LogP contribution in [0.2, 0.25) is 0 Å². The Morgan fingerprint density at radius 3 is 1.74 bits per heavy atom. The van der Waals surface area contributed by atoms with Crippen LogP contribution in [0.25, 0.3) is 0 Å². The normalized spacial score (nSPS) is 11.7. The van der Waals surface area contributed by atoms with E-state index in [1.54, 1.807) is 45.0 Å². The van der Waals surface area contributed by atoms with E-state index in [-0.39, 0.29) is 16.7 Å². The van der Waals surface area contributed by atoms with E-state index in [0.29, 0.717) is 16.9 Å². The molecule has 7 nitrogen and oxygen atoms in total. The number of hydrogen-bond donors (Lipinski definition) is 3. The Labute approximate surface area is 159 Å². The number of sulfonamides is 1. The number of nitrogens with one attached hydrogen (secondary N) is 3. The van der Waals surface area contributed by atoms with E-state index in [9.17, 15) is 18.0 Å². The third kappa shape index (κ3) is 6.19. The summed E-state index contributed by atoms with van der Waals surface area (Å²) in [6, 6.07) is 12.4. The molecule has 0 aliphatic heterocycles. The molecule has 0 fully saturated rings. The number of anilines is 2. The molecule has 27 heavy (non-hydrogen) atoms. The highest BCUT2D eigenvalue weighted by molar-refractivity contribution is 7.89. The quantitative estimate of drug-likeness (QED) is 0.731. The lowest BCUT2D eigenvalue weighted by atomic mass is 10.1. The van der Waals surface area contributed by atoms with Crippen LogP contribution in [0.15, 0.2) is 53.4 Å². The van der Waals surface area contributed by atoms with Gasteiger partial charge < -0.3 is 10.6 Å². The van der Waals surface area contributed by atoms with Gasteiger partial charge in [-0.25, -0.2) is 13.1 Å². The molecule has 2 rings (SSSR count). The highest BCUT2D eigenvalue weighted by Crippen LogP contribution is 2.17. The van der Waals surface area contributed by atoms with Crippen molar-refractivity contribution in [1.29, 1.82) is 0 Å². The van der Waals surface area contributed by atoms with E-state index in [1.807, 2.05) is 0 Å². The summed E-state index contributed by atoms with van der Waals surface area (Å²) in [5.74, 6) is -0.544. The average Bonchev–Trinajstić information content (AvgIpc) is 2.54. The maximum atomic E-state index is 12.3. The summed E-state index contributed by atoms with van der Waals surface area (Å²) < 4.78 is 27.1. The van der Waals surface area contributed by atoms with E-state index in [1.165, 1.54) is 31.2 Å². The fraction of sp³-hybridized carbons (Fsp3) is 0.263. The monoisotopic (exact) mass is 389 g/mol. The molecule has 8 heteroatoms. The van der Waals surface area contributed by atoms with Gasteiger partial charge >= 0.3 is 0 Å². The molecular formula is C19H23N3O4S. The Bertz CT molecular complexity index is 928. The predicted molar refractivity (Wildman–Crippen MR) is 105 cm³/mol. The van der Waals surface area contributed by atoms with Crippen LogP contribution in [0.1, 0.15) is 38.1 Å². The van der Waals surface area contributed by atoms with E-state index in [0.717, 1.165) is 0 Å². The SMILES string of the molecule is CC(=O)Nc1ccc(NC(=O)c2ccc(S(=O)(=O)NC(C)(C)C)cc2)cc1. The largest absolute Gasteiger partial charge is 0.326 e. The lowest BCUT2D eigenvalue weighted by molar-refractivity contribution is -0.114. The van der Waals surface area contributed by atoms with Crippen molar-refractivity contribution < 1.29 is 18.0 Å². The molecule has 2 aromatic rings. The standard InChI is InChI=1S/C19H23N3O4S/c1-13(23)20-15-7-9-16(10-8-15)21-18(24)14-5-11-17(12-6-14)27(25,26)22-19(2,3)4/h5-12,22H,1-4H3,(H,20,23)(H,21,24). The minimum atomic E-state index is -3.65. The Morgan fingerprint density at radius 2 is 1.30 bits per heavy atom. The van der Waals surface area contributed by atoms with Crippen LogP contribution in [-0.2, 0) is 14.8 Å². The van der Waals surface area contributed by atoms with Gasteiger partial charge in [-0.3, -0.25) is 9.59 Å². The first kappa shape index (κ1) is 20.6. The zero-order valence-corrected chi connectivity index (χ0v) is 16.5. The van der Waals surface area contributed by atoms with Gasteiger partial charge in [0, 0.05) is 29.4 Å².